The zero-order chi connectivity index (χ0) is 9.68. The lowest BCUT2D eigenvalue weighted by molar-refractivity contribution is 0.618. The van der Waals surface area contributed by atoms with E-state index in [0.717, 1.165) is 0 Å². The molecule has 0 amide bonds. The first kappa shape index (κ1) is 10.3. The van der Waals surface area contributed by atoms with Crippen molar-refractivity contribution in [2.45, 2.75) is 38.8 Å². The van der Waals surface area contributed by atoms with E-state index in [-0.39, 0.29) is 0 Å². The van der Waals surface area contributed by atoms with Crippen LogP contribution in [0.15, 0.2) is 36.5 Å². The molecule has 0 unspecified atom stereocenters. The fourth-order valence-corrected chi connectivity index (χ4v) is 1.63. The summed E-state index contributed by atoms with van der Waals surface area (Å²) < 4.78 is 0. The van der Waals surface area contributed by atoms with E-state index in [4.69, 9.17) is 0 Å². The van der Waals surface area contributed by atoms with Gasteiger partial charge >= 0.3 is 0 Å². The summed E-state index contributed by atoms with van der Waals surface area (Å²) in [5.74, 6) is 0. The SMILES string of the molecule is C=C(/C=C\C=C/C)[C@H]1CC[C@@H](C)N1. The van der Waals surface area contributed by atoms with Crippen LogP contribution < -0.4 is 5.32 Å². The van der Waals surface area contributed by atoms with Gasteiger partial charge in [0.1, 0.15) is 0 Å². The third-order valence-corrected chi connectivity index (χ3v) is 2.44. The highest BCUT2D eigenvalue weighted by molar-refractivity contribution is 5.25. The summed E-state index contributed by atoms with van der Waals surface area (Å²) in [4.78, 5) is 0. The molecule has 1 heterocycles. The van der Waals surface area contributed by atoms with Crippen molar-refractivity contribution in [3.8, 4) is 0 Å². The molecule has 0 aliphatic carbocycles. The Morgan fingerprint density at radius 2 is 2.15 bits per heavy atom. The molecule has 13 heavy (non-hydrogen) atoms. The molecule has 0 spiro atoms. The van der Waals surface area contributed by atoms with Gasteiger partial charge in [0.15, 0.2) is 0 Å². The van der Waals surface area contributed by atoms with Crippen molar-refractivity contribution < 1.29 is 0 Å². The van der Waals surface area contributed by atoms with Crippen LogP contribution in [0.1, 0.15) is 26.7 Å². The largest absolute Gasteiger partial charge is 0.307 e. The summed E-state index contributed by atoms with van der Waals surface area (Å²) in [5.41, 5.74) is 1.20. The molecule has 0 aromatic rings. The summed E-state index contributed by atoms with van der Waals surface area (Å²) in [5, 5.41) is 3.51. The Labute approximate surface area is 81.2 Å². The second-order valence-electron chi connectivity index (χ2n) is 3.66. The Morgan fingerprint density at radius 1 is 1.38 bits per heavy atom. The van der Waals surface area contributed by atoms with Gasteiger partial charge in [-0.25, -0.2) is 0 Å². The highest BCUT2D eigenvalue weighted by Gasteiger charge is 2.20. The van der Waals surface area contributed by atoms with Crippen LogP contribution in [0.5, 0.6) is 0 Å². The van der Waals surface area contributed by atoms with Crippen LogP contribution in [0.4, 0.5) is 0 Å². The first-order valence-electron chi connectivity index (χ1n) is 4.98. The van der Waals surface area contributed by atoms with Crippen molar-refractivity contribution in [3.63, 3.8) is 0 Å². The summed E-state index contributed by atoms with van der Waals surface area (Å²) >= 11 is 0. The Bertz CT molecular complexity index is 225. The van der Waals surface area contributed by atoms with E-state index < -0.39 is 0 Å². The van der Waals surface area contributed by atoms with Gasteiger partial charge in [-0.2, -0.15) is 0 Å². The van der Waals surface area contributed by atoms with Gasteiger partial charge in [-0.15, -0.1) is 0 Å². The molecule has 1 aliphatic heterocycles. The molecule has 0 radical (unpaired) electrons. The van der Waals surface area contributed by atoms with Gasteiger partial charge in [-0.1, -0.05) is 30.9 Å². The molecular formula is C12H19N. The van der Waals surface area contributed by atoms with Crippen molar-refractivity contribution >= 4 is 0 Å². The molecular weight excluding hydrogens is 158 g/mol. The highest BCUT2D eigenvalue weighted by Crippen LogP contribution is 2.17. The van der Waals surface area contributed by atoms with Gasteiger partial charge in [0.25, 0.3) is 0 Å². The van der Waals surface area contributed by atoms with Crippen molar-refractivity contribution in [2.24, 2.45) is 0 Å². The Morgan fingerprint density at radius 3 is 2.69 bits per heavy atom. The number of nitrogens with one attached hydrogen (secondary N) is 1. The summed E-state index contributed by atoms with van der Waals surface area (Å²) in [6.07, 6.45) is 10.7. The van der Waals surface area contributed by atoms with E-state index in [9.17, 15) is 0 Å². The van der Waals surface area contributed by atoms with Crippen molar-refractivity contribution in [1.82, 2.24) is 5.32 Å². The zero-order valence-electron chi connectivity index (χ0n) is 8.59. The minimum Gasteiger partial charge on any atom is -0.307 e. The molecule has 1 rings (SSSR count). The van der Waals surface area contributed by atoms with Crippen molar-refractivity contribution in [2.75, 3.05) is 0 Å². The molecule has 1 nitrogen and oxygen atoms in total. The van der Waals surface area contributed by atoms with E-state index in [0.29, 0.717) is 12.1 Å². The number of rotatable bonds is 3. The minimum absolute atomic E-state index is 0.497. The topological polar surface area (TPSA) is 12.0 Å². The van der Waals surface area contributed by atoms with Crippen LogP contribution in [-0.2, 0) is 0 Å². The lowest BCUT2D eigenvalue weighted by Crippen LogP contribution is -2.27. The maximum Gasteiger partial charge on any atom is 0.0317 e. The van der Waals surface area contributed by atoms with Crippen LogP contribution >= 0.6 is 0 Å². The Hall–Kier alpha value is -0.820. The molecule has 1 N–H and O–H groups in total. The second-order valence-corrected chi connectivity index (χ2v) is 3.66. The number of allylic oxidation sites excluding steroid dienone is 3. The molecule has 1 heteroatoms. The Kier molecular flexibility index (Phi) is 3.97. The van der Waals surface area contributed by atoms with E-state index >= 15 is 0 Å². The maximum absolute atomic E-state index is 4.06. The first-order chi connectivity index (χ1) is 6.24. The highest BCUT2D eigenvalue weighted by atomic mass is 15.0. The van der Waals surface area contributed by atoms with Crippen LogP contribution in [0.2, 0.25) is 0 Å². The predicted octanol–water partition coefficient (Wildman–Crippen LogP) is 2.82. The van der Waals surface area contributed by atoms with Crippen LogP contribution in [0, 0.1) is 0 Å². The van der Waals surface area contributed by atoms with Crippen LogP contribution in [-0.4, -0.2) is 12.1 Å². The molecule has 2 atom stereocenters. The van der Waals surface area contributed by atoms with E-state index in [2.05, 4.69) is 24.9 Å². The molecule has 0 aromatic heterocycles. The quantitative estimate of drug-likeness (QED) is 0.654. The summed E-state index contributed by atoms with van der Waals surface area (Å²) in [6.45, 7) is 8.30. The third-order valence-electron chi connectivity index (χ3n) is 2.44. The fraction of sp³-hybridized carbons (Fsp3) is 0.500. The fourth-order valence-electron chi connectivity index (χ4n) is 1.63. The van der Waals surface area contributed by atoms with Crippen LogP contribution in [0.25, 0.3) is 0 Å². The van der Waals surface area contributed by atoms with E-state index in [1.165, 1.54) is 18.4 Å². The summed E-state index contributed by atoms with van der Waals surface area (Å²) in [7, 11) is 0. The molecule has 1 aliphatic rings. The smallest absolute Gasteiger partial charge is 0.0317 e. The summed E-state index contributed by atoms with van der Waals surface area (Å²) in [6, 6.07) is 1.15. The van der Waals surface area contributed by atoms with Gasteiger partial charge in [-0.3, -0.25) is 0 Å². The van der Waals surface area contributed by atoms with Gasteiger partial charge in [0.05, 0.1) is 0 Å². The monoisotopic (exact) mass is 177 g/mol. The average molecular weight is 177 g/mol. The molecule has 1 saturated heterocycles. The molecule has 0 saturated carbocycles. The number of hydrogen-bond acceptors (Lipinski definition) is 1. The lowest BCUT2D eigenvalue weighted by atomic mass is 10.1. The van der Waals surface area contributed by atoms with Crippen molar-refractivity contribution in [1.29, 1.82) is 0 Å². The van der Waals surface area contributed by atoms with Crippen LogP contribution in [0.3, 0.4) is 0 Å². The van der Waals surface area contributed by atoms with Crippen molar-refractivity contribution in [3.05, 3.63) is 36.5 Å². The van der Waals surface area contributed by atoms with Gasteiger partial charge in [-0.05, 0) is 32.3 Å². The average Bonchev–Trinajstić information content (AvgIpc) is 2.52. The van der Waals surface area contributed by atoms with Gasteiger partial charge in [0.2, 0.25) is 0 Å². The maximum atomic E-state index is 4.06. The molecule has 0 aromatic carbocycles. The molecule has 0 bridgehead atoms. The second kappa shape index (κ2) is 5.03. The van der Waals surface area contributed by atoms with E-state index in [1.54, 1.807) is 0 Å². The van der Waals surface area contributed by atoms with E-state index in [1.807, 2.05) is 25.2 Å². The van der Waals surface area contributed by atoms with Gasteiger partial charge < -0.3 is 5.32 Å². The molecule has 1 fully saturated rings. The number of hydrogen-bond donors (Lipinski definition) is 1. The standard InChI is InChI=1S/C12H19N/c1-4-5-6-7-10(2)12-9-8-11(3)13-12/h4-7,11-13H,2,8-9H2,1,3H3/b5-4-,7-6-/t11-,12-/m1/s1. The lowest BCUT2D eigenvalue weighted by Gasteiger charge is -2.11. The minimum atomic E-state index is 0.497. The zero-order valence-corrected chi connectivity index (χ0v) is 8.59. The van der Waals surface area contributed by atoms with Gasteiger partial charge in [0, 0.05) is 12.1 Å². The third kappa shape index (κ3) is 3.19. The first-order valence-corrected chi connectivity index (χ1v) is 4.98. The predicted molar refractivity (Wildman–Crippen MR) is 58.7 cm³/mol. The normalized spacial score (nSPS) is 29.1. The molecule has 72 valence electrons. The Balaban J connectivity index is 2.40.